The maximum Gasteiger partial charge on any atom is 0.203 e. The number of nitrogens with zero attached hydrogens (tertiary/aromatic N) is 3. The Labute approximate surface area is 147 Å². The molecule has 0 unspecified atom stereocenters. The lowest BCUT2D eigenvalue weighted by molar-refractivity contribution is 0.165. The van der Waals surface area contributed by atoms with Crippen molar-refractivity contribution in [3.8, 4) is 17.2 Å². The van der Waals surface area contributed by atoms with Gasteiger partial charge in [0.15, 0.2) is 11.5 Å². The lowest BCUT2D eigenvalue weighted by atomic mass is 10.1. The molecule has 0 saturated carbocycles. The summed E-state index contributed by atoms with van der Waals surface area (Å²) in [5.41, 5.74) is 1.09. The Morgan fingerprint density at radius 3 is 3.00 bits per heavy atom. The van der Waals surface area contributed by atoms with E-state index in [0.717, 1.165) is 35.9 Å². The van der Waals surface area contributed by atoms with Gasteiger partial charge < -0.3 is 24.1 Å². The smallest absolute Gasteiger partial charge is 0.203 e. The average molecular weight is 344 g/mol. The summed E-state index contributed by atoms with van der Waals surface area (Å²) in [6.45, 7) is 4.95. The van der Waals surface area contributed by atoms with Crippen molar-refractivity contribution >= 4 is 0 Å². The lowest BCUT2D eigenvalue weighted by Gasteiger charge is -2.22. The van der Waals surface area contributed by atoms with Crippen LogP contribution in [0.25, 0.3) is 0 Å². The first kappa shape index (κ1) is 16.2. The number of fused-ring (bicyclic) bond motifs is 2. The maximum absolute atomic E-state index is 5.70. The van der Waals surface area contributed by atoms with E-state index in [0.29, 0.717) is 31.3 Å². The van der Waals surface area contributed by atoms with Gasteiger partial charge in [-0.2, -0.15) is 0 Å². The molecule has 0 radical (unpaired) electrons. The largest absolute Gasteiger partial charge is 0.493 e. The van der Waals surface area contributed by atoms with E-state index < -0.39 is 0 Å². The molecule has 0 fully saturated rings. The highest BCUT2D eigenvalue weighted by atomic mass is 16.6. The van der Waals surface area contributed by atoms with Gasteiger partial charge in [0.1, 0.15) is 24.9 Å². The van der Waals surface area contributed by atoms with Crippen LogP contribution in [0, 0.1) is 0 Å². The molecular weight excluding hydrogens is 320 g/mol. The zero-order valence-corrected chi connectivity index (χ0v) is 14.7. The van der Waals surface area contributed by atoms with Crippen molar-refractivity contribution in [2.45, 2.75) is 45.3 Å². The highest BCUT2D eigenvalue weighted by Gasteiger charge is 2.21. The molecule has 0 spiro atoms. The SMILES string of the molecule is COc1cc(CN[C@H](C)c2nnc3n2CCCC3)cc2c1OCCO2. The Morgan fingerprint density at radius 2 is 2.12 bits per heavy atom. The summed E-state index contributed by atoms with van der Waals surface area (Å²) in [5, 5.41) is 12.3. The van der Waals surface area contributed by atoms with Gasteiger partial charge in [0, 0.05) is 19.5 Å². The zero-order chi connectivity index (χ0) is 17.2. The van der Waals surface area contributed by atoms with Crippen molar-refractivity contribution < 1.29 is 14.2 Å². The van der Waals surface area contributed by atoms with E-state index in [1.54, 1.807) is 7.11 Å². The molecular formula is C18H24N4O3. The van der Waals surface area contributed by atoms with Crippen molar-refractivity contribution in [1.29, 1.82) is 0 Å². The van der Waals surface area contributed by atoms with Gasteiger partial charge in [-0.15, -0.1) is 10.2 Å². The summed E-state index contributed by atoms with van der Waals surface area (Å²) >= 11 is 0. The molecule has 0 bridgehead atoms. The third kappa shape index (κ3) is 3.16. The Hall–Kier alpha value is -2.28. The summed E-state index contributed by atoms with van der Waals surface area (Å²) in [6.07, 6.45) is 3.43. The lowest BCUT2D eigenvalue weighted by Crippen LogP contribution is -2.24. The van der Waals surface area contributed by atoms with Gasteiger partial charge >= 0.3 is 0 Å². The van der Waals surface area contributed by atoms with E-state index in [2.05, 4.69) is 27.0 Å². The van der Waals surface area contributed by atoms with Crippen LogP contribution >= 0.6 is 0 Å². The first-order chi connectivity index (χ1) is 12.3. The third-order valence-electron chi connectivity index (χ3n) is 4.78. The van der Waals surface area contributed by atoms with Crippen molar-refractivity contribution in [2.75, 3.05) is 20.3 Å². The van der Waals surface area contributed by atoms with Crippen molar-refractivity contribution in [3.05, 3.63) is 29.3 Å². The standard InChI is InChI=1S/C18H24N4O3/c1-12(18-21-20-16-5-3-4-6-22(16)18)19-11-13-9-14(23-2)17-15(10-13)24-7-8-25-17/h9-10,12,19H,3-8,11H2,1-2H3/t12-/m1/s1. The quantitative estimate of drug-likeness (QED) is 0.897. The van der Waals surface area contributed by atoms with E-state index in [1.807, 2.05) is 12.1 Å². The van der Waals surface area contributed by atoms with Crippen LogP contribution in [0.5, 0.6) is 17.2 Å². The molecule has 2 aromatic rings. The molecule has 2 aliphatic rings. The Bertz CT molecular complexity index is 742. The number of methoxy groups -OCH3 is 1. The molecule has 7 heteroatoms. The van der Waals surface area contributed by atoms with Crippen LogP contribution < -0.4 is 19.5 Å². The number of aromatic nitrogens is 3. The molecule has 7 nitrogen and oxygen atoms in total. The Balaban J connectivity index is 1.48. The summed E-state index contributed by atoms with van der Waals surface area (Å²) in [5.74, 6) is 4.27. The topological polar surface area (TPSA) is 70.4 Å². The van der Waals surface area contributed by atoms with Gasteiger partial charge in [0.25, 0.3) is 0 Å². The molecule has 0 aliphatic carbocycles. The molecule has 3 heterocycles. The molecule has 25 heavy (non-hydrogen) atoms. The first-order valence-corrected chi connectivity index (χ1v) is 8.88. The van der Waals surface area contributed by atoms with E-state index in [1.165, 1.54) is 12.8 Å². The number of hydrogen-bond donors (Lipinski definition) is 1. The average Bonchev–Trinajstić information content (AvgIpc) is 3.09. The molecule has 2 aliphatic heterocycles. The van der Waals surface area contributed by atoms with Crippen molar-refractivity contribution in [1.82, 2.24) is 20.1 Å². The molecule has 1 aromatic carbocycles. The van der Waals surface area contributed by atoms with Crippen LogP contribution in [-0.4, -0.2) is 35.1 Å². The second-order valence-corrected chi connectivity index (χ2v) is 6.51. The minimum absolute atomic E-state index is 0.124. The highest BCUT2D eigenvalue weighted by Crippen LogP contribution is 2.40. The molecule has 1 N–H and O–H groups in total. The van der Waals surface area contributed by atoms with Gasteiger partial charge in [-0.05, 0) is 37.5 Å². The van der Waals surface area contributed by atoms with Gasteiger partial charge in [0.2, 0.25) is 5.75 Å². The van der Waals surface area contributed by atoms with Crippen LogP contribution in [0.1, 0.15) is 43.0 Å². The second-order valence-electron chi connectivity index (χ2n) is 6.51. The van der Waals surface area contributed by atoms with Crippen LogP contribution in [0.3, 0.4) is 0 Å². The summed E-state index contributed by atoms with van der Waals surface area (Å²) in [7, 11) is 1.65. The van der Waals surface area contributed by atoms with Crippen LogP contribution in [0.4, 0.5) is 0 Å². The molecule has 0 saturated heterocycles. The minimum Gasteiger partial charge on any atom is -0.493 e. The van der Waals surface area contributed by atoms with Gasteiger partial charge in [0.05, 0.1) is 13.2 Å². The van der Waals surface area contributed by atoms with E-state index in [-0.39, 0.29) is 6.04 Å². The van der Waals surface area contributed by atoms with Gasteiger partial charge in [-0.3, -0.25) is 0 Å². The molecule has 0 amide bonds. The van der Waals surface area contributed by atoms with Gasteiger partial charge in [-0.25, -0.2) is 0 Å². The van der Waals surface area contributed by atoms with Crippen LogP contribution in [0.15, 0.2) is 12.1 Å². The fourth-order valence-corrected chi connectivity index (χ4v) is 3.44. The fraction of sp³-hybridized carbons (Fsp3) is 0.556. The molecule has 1 atom stereocenters. The maximum atomic E-state index is 5.70. The predicted octanol–water partition coefficient (Wildman–Crippen LogP) is 2.25. The van der Waals surface area contributed by atoms with E-state index >= 15 is 0 Å². The minimum atomic E-state index is 0.124. The predicted molar refractivity (Wildman–Crippen MR) is 92.2 cm³/mol. The number of rotatable bonds is 5. The zero-order valence-electron chi connectivity index (χ0n) is 14.7. The Morgan fingerprint density at radius 1 is 1.24 bits per heavy atom. The Kier molecular flexibility index (Phi) is 4.48. The third-order valence-corrected chi connectivity index (χ3v) is 4.78. The van der Waals surface area contributed by atoms with Crippen LogP contribution in [0.2, 0.25) is 0 Å². The van der Waals surface area contributed by atoms with Crippen molar-refractivity contribution in [2.24, 2.45) is 0 Å². The van der Waals surface area contributed by atoms with Gasteiger partial charge in [-0.1, -0.05) is 0 Å². The monoisotopic (exact) mass is 344 g/mol. The summed E-state index contributed by atoms with van der Waals surface area (Å²) < 4.78 is 19.1. The molecule has 134 valence electrons. The second kappa shape index (κ2) is 6.92. The van der Waals surface area contributed by atoms with Crippen molar-refractivity contribution in [3.63, 3.8) is 0 Å². The van der Waals surface area contributed by atoms with E-state index in [9.17, 15) is 0 Å². The number of hydrogen-bond acceptors (Lipinski definition) is 6. The van der Waals surface area contributed by atoms with Crippen LogP contribution in [-0.2, 0) is 19.5 Å². The van der Waals surface area contributed by atoms with E-state index in [4.69, 9.17) is 14.2 Å². The normalized spacial score (nSPS) is 17.0. The number of aryl methyl sites for hydroxylation is 1. The summed E-state index contributed by atoms with van der Waals surface area (Å²) in [6, 6.07) is 4.13. The fourth-order valence-electron chi connectivity index (χ4n) is 3.44. The number of benzene rings is 1. The highest BCUT2D eigenvalue weighted by molar-refractivity contribution is 5.54. The molecule has 4 rings (SSSR count). The number of ether oxygens (including phenoxy) is 3. The molecule has 1 aromatic heterocycles. The number of nitrogens with one attached hydrogen (secondary N) is 1. The first-order valence-electron chi connectivity index (χ1n) is 8.88. The summed E-state index contributed by atoms with van der Waals surface area (Å²) in [4.78, 5) is 0.